The first-order valence-corrected chi connectivity index (χ1v) is 15.8. The van der Waals surface area contributed by atoms with Crippen LogP contribution in [0.3, 0.4) is 0 Å². The minimum Gasteiger partial charge on any atom is -0.396 e. The molecule has 12 heteroatoms. The van der Waals surface area contributed by atoms with Gasteiger partial charge in [-0.1, -0.05) is 0 Å². The Morgan fingerprint density at radius 2 is 1.88 bits per heavy atom. The number of anilines is 2. The van der Waals surface area contributed by atoms with Crippen molar-refractivity contribution >= 4 is 27.4 Å². The van der Waals surface area contributed by atoms with Gasteiger partial charge >= 0.3 is 6.03 Å². The zero-order valence-corrected chi connectivity index (χ0v) is 23.8. The van der Waals surface area contributed by atoms with Crippen molar-refractivity contribution < 1.29 is 27.8 Å². The van der Waals surface area contributed by atoms with E-state index in [4.69, 9.17) is 19.4 Å². The molecule has 3 N–H and O–H groups in total. The number of hydrogen-bond donors (Lipinski definition) is 3. The highest BCUT2D eigenvalue weighted by atomic mass is 32.2. The fourth-order valence-electron chi connectivity index (χ4n) is 5.50. The number of benzene rings is 1. The number of ether oxygens (including phenoxy) is 2. The lowest BCUT2D eigenvalue weighted by Gasteiger charge is -2.38. The molecule has 0 radical (unpaired) electrons. The number of rotatable bonds is 9. The van der Waals surface area contributed by atoms with Gasteiger partial charge in [-0.05, 0) is 69.7 Å². The van der Waals surface area contributed by atoms with Crippen LogP contribution in [-0.2, 0) is 24.1 Å². The van der Waals surface area contributed by atoms with Crippen LogP contribution in [0.5, 0.6) is 0 Å². The van der Waals surface area contributed by atoms with Crippen LogP contribution in [-0.4, -0.2) is 86.9 Å². The molecule has 40 heavy (non-hydrogen) atoms. The molecule has 2 aromatic rings. The molecule has 0 bridgehead atoms. The number of aliphatic hydroxyl groups excluding tert-OH is 1. The standard InChI is InChI=1S/C28H39N5O6S/c1-20-19-39-16-12-33(20)25-18-24(28(10-14-38-15-11-28)40(36,37)17-3-13-34)31-26(32-25)21-6-8-23(9-7-21)30-27(35)29-22-4-2-5-22/h6-9,18,20,22,34H,2-5,10-17,19H2,1H3,(H2,29,30,35)/t20-/m0/s1. The molecule has 3 aliphatic rings. The molecule has 2 amide bonds. The smallest absolute Gasteiger partial charge is 0.319 e. The number of aliphatic hydroxyl groups is 1. The maximum Gasteiger partial charge on any atom is 0.319 e. The molecule has 11 nitrogen and oxygen atoms in total. The van der Waals surface area contributed by atoms with Crippen molar-refractivity contribution in [2.45, 2.75) is 62.3 Å². The molecule has 2 aliphatic heterocycles. The quantitative estimate of drug-likeness (QED) is 0.413. The molecular weight excluding hydrogens is 534 g/mol. The fraction of sp³-hybridized carbons (Fsp3) is 0.607. The Balaban J connectivity index is 1.51. The fourth-order valence-corrected chi connectivity index (χ4v) is 7.61. The van der Waals surface area contributed by atoms with Crippen molar-refractivity contribution in [3.63, 3.8) is 0 Å². The van der Waals surface area contributed by atoms with Crippen LogP contribution in [0.15, 0.2) is 30.3 Å². The Bertz CT molecular complexity index is 1280. The third-order valence-electron chi connectivity index (χ3n) is 8.15. The third-order valence-corrected chi connectivity index (χ3v) is 10.8. The van der Waals surface area contributed by atoms with E-state index in [-0.39, 0.29) is 49.7 Å². The molecule has 218 valence electrons. The predicted octanol–water partition coefficient (Wildman–Crippen LogP) is 2.85. The van der Waals surface area contributed by atoms with Crippen molar-refractivity contribution in [2.75, 3.05) is 55.5 Å². The summed E-state index contributed by atoms with van der Waals surface area (Å²) in [6.45, 7) is 4.20. The van der Waals surface area contributed by atoms with Gasteiger partial charge in [0.2, 0.25) is 0 Å². The number of sulfone groups is 1. The van der Waals surface area contributed by atoms with Crippen LogP contribution < -0.4 is 15.5 Å². The first-order valence-electron chi connectivity index (χ1n) is 14.1. The van der Waals surface area contributed by atoms with Gasteiger partial charge < -0.3 is 30.1 Å². The molecule has 0 unspecified atom stereocenters. The van der Waals surface area contributed by atoms with Gasteiger partial charge in [0.05, 0.1) is 30.7 Å². The number of carbonyl (C=O) groups is 1. The van der Waals surface area contributed by atoms with Crippen molar-refractivity contribution in [3.05, 3.63) is 36.0 Å². The van der Waals surface area contributed by atoms with Crippen LogP contribution in [0.25, 0.3) is 11.4 Å². The van der Waals surface area contributed by atoms with E-state index in [1.54, 1.807) is 12.1 Å². The summed E-state index contributed by atoms with van der Waals surface area (Å²) >= 11 is 0. The Morgan fingerprint density at radius 3 is 2.52 bits per heavy atom. The topological polar surface area (TPSA) is 143 Å². The van der Waals surface area contributed by atoms with Crippen molar-refractivity contribution in [1.82, 2.24) is 15.3 Å². The molecule has 5 rings (SSSR count). The van der Waals surface area contributed by atoms with E-state index in [0.29, 0.717) is 61.6 Å². The van der Waals surface area contributed by atoms with E-state index in [1.165, 1.54) is 0 Å². The van der Waals surface area contributed by atoms with E-state index >= 15 is 0 Å². The number of carbonyl (C=O) groups excluding carboxylic acids is 1. The normalized spacial score (nSPS) is 21.4. The van der Waals surface area contributed by atoms with Crippen molar-refractivity contribution in [3.8, 4) is 11.4 Å². The van der Waals surface area contributed by atoms with E-state index in [0.717, 1.165) is 19.3 Å². The predicted molar refractivity (Wildman–Crippen MR) is 152 cm³/mol. The van der Waals surface area contributed by atoms with Gasteiger partial charge in [-0.2, -0.15) is 0 Å². The average molecular weight is 574 g/mol. The Morgan fingerprint density at radius 1 is 1.12 bits per heavy atom. The highest BCUT2D eigenvalue weighted by molar-refractivity contribution is 7.92. The van der Waals surface area contributed by atoms with Crippen LogP contribution in [0.2, 0.25) is 0 Å². The minimum atomic E-state index is -3.68. The van der Waals surface area contributed by atoms with E-state index in [9.17, 15) is 18.3 Å². The van der Waals surface area contributed by atoms with Gasteiger partial charge in [0.1, 0.15) is 10.6 Å². The highest BCUT2D eigenvalue weighted by Gasteiger charge is 2.48. The summed E-state index contributed by atoms with van der Waals surface area (Å²) in [5, 5.41) is 15.2. The van der Waals surface area contributed by atoms with Gasteiger partial charge in [0.15, 0.2) is 15.7 Å². The zero-order chi connectivity index (χ0) is 28.2. The Kier molecular flexibility index (Phi) is 8.89. The molecule has 3 heterocycles. The number of morpholine rings is 1. The first-order chi connectivity index (χ1) is 19.3. The minimum absolute atomic E-state index is 0.0572. The van der Waals surface area contributed by atoms with Crippen LogP contribution in [0.4, 0.5) is 16.3 Å². The zero-order valence-electron chi connectivity index (χ0n) is 23.0. The lowest BCUT2D eigenvalue weighted by Crippen LogP contribution is -2.46. The van der Waals surface area contributed by atoms with Crippen molar-refractivity contribution in [1.29, 1.82) is 0 Å². The van der Waals surface area contributed by atoms with E-state index in [2.05, 4.69) is 22.5 Å². The Labute approximate surface area is 235 Å². The Hall–Kier alpha value is -2.80. The van der Waals surface area contributed by atoms with Crippen LogP contribution >= 0.6 is 0 Å². The molecule has 1 aliphatic carbocycles. The van der Waals surface area contributed by atoms with E-state index < -0.39 is 14.6 Å². The lowest BCUT2D eigenvalue weighted by atomic mass is 9.93. The number of amides is 2. The monoisotopic (exact) mass is 573 g/mol. The maximum atomic E-state index is 13.8. The SMILES string of the molecule is C[C@H]1COCCN1c1cc(C2(S(=O)(=O)CCCO)CCOCC2)nc(-c2ccc(NC(=O)NC3CCC3)cc2)n1. The van der Waals surface area contributed by atoms with Gasteiger partial charge in [0.25, 0.3) is 0 Å². The molecule has 1 saturated carbocycles. The lowest BCUT2D eigenvalue weighted by molar-refractivity contribution is 0.0729. The summed E-state index contributed by atoms with van der Waals surface area (Å²) in [6, 6.07) is 9.14. The average Bonchev–Trinajstić information content (AvgIpc) is 2.94. The number of urea groups is 1. The molecule has 0 spiro atoms. The summed E-state index contributed by atoms with van der Waals surface area (Å²) in [4.78, 5) is 24.2. The summed E-state index contributed by atoms with van der Waals surface area (Å²) in [5.41, 5.74) is 1.81. The molecular formula is C28H39N5O6S. The number of aromatic nitrogens is 2. The number of hydrogen-bond acceptors (Lipinski definition) is 9. The highest BCUT2D eigenvalue weighted by Crippen LogP contribution is 2.42. The molecule has 1 aromatic carbocycles. The summed E-state index contributed by atoms with van der Waals surface area (Å²) in [6.07, 6.45) is 3.89. The first kappa shape index (κ1) is 28.7. The second-order valence-electron chi connectivity index (χ2n) is 10.9. The number of nitrogens with one attached hydrogen (secondary N) is 2. The molecule has 3 fully saturated rings. The largest absolute Gasteiger partial charge is 0.396 e. The van der Waals surface area contributed by atoms with Crippen molar-refractivity contribution in [2.24, 2.45) is 0 Å². The van der Waals surface area contributed by atoms with Gasteiger partial charge in [-0.25, -0.2) is 23.2 Å². The van der Waals surface area contributed by atoms with E-state index in [1.807, 2.05) is 18.2 Å². The second-order valence-corrected chi connectivity index (χ2v) is 13.3. The summed E-state index contributed by atoms with van der Waals surface area (Å²) < 4.78 is 37.6. The molecule has 2 saturated heterocycles. The van der Waals surface area contributed by atoms with Crippen LogP contribution in [0, 0.1) is 0 Å². The summed E-state index contributed by atoms with van der Waals surface area (Å²) in [7, 11) is -3.68. The van der Waals surface area contributed by atoms with Gasteiger partial charge in [0, 0.05) is 49.7 Å². The third kappa shape index (κ3) is 6.09. The molecule has 1 atom stereocenters. The summed E-state index contributed by atoms with van der Waals surface area (Å²) in [5.74, 6) is 0.941. The van der Waals surface area contributed by atoms with Gasteiger partial charge in [-0.15, -0.1) is 0 Å². The number of nitrogens with zero attached hydrogens (tertiary/aromatic N) is 3. The maximum absolute atomic E-state index is 13.8. The van der Waals surface area contributed by atoms with Crippen LogP contribution in [0.1, 0.15) is 51.1 Å². The second kappa shape index (κ2) is 12.4. The molecule has 1 aromatic heterocycles. The van der Waals surface area contributed by atoms with Gasteiger partial charge in [-0.3, -0.25) is 0 Å².